The zero-order valence-corrected chi connectivity index (χ0v) is 10.5. The zero-order valence-electron chi connectivity index (χ0n) is 9.79. The molecule has 0 aliphatic carbocycles. The quantitative estimate of drug-likeness (QED) is 0.889. The number of hydrogen-bond acceptors (Lipinski definition) is 2. The van der Waals surface area contributed by atoms with Crippen LogP contribution in [0.15, 0.2) is 18.2 Å². The Labute approximate surface area is 100 Å². The molecule has 2 rings (SSSR count). The Bertz CT molecular complexity index is 504. The van der Waals surface area contributed by atoms with E-state index < -0.39 is 0 Å². The maximum atomic E-state index is 6.17. The number of halogens is 1. The highest BCUT2D eigenvalue weighted by molar-refractivity contribution is 6.34. The molecule has 2 aromatic rings. The van der Waals surface area contributed by atoms with Gasteiger partial charge in [-0.25, -0.2) is 0 Å². The highest BCUT2D eigenvalue weighted by Crippen LogP contribution is 2.25. The van der Waals surface area contributed by atoms with E-state index in [2.05, 4.69) is 23.4 Å². The van der Waals surface area contributed by atoms with Crippen LogP contribution in [0.1, 0.15) is 12.5 Å². The third-order valence-corrected chi connectivity index (χ3v) is 3.34. The Balaban J connectivity index is 2.50. The molecule has 86 valence electrons. The van der Waals surface area contributed by atoms with Crippen LogP contribution in [0, 0.1) is 0 Å². The molecule has 16 heavy (non-hydrogen) atoms. The second kappa shape index (κ2) is 4.44. The first-order valence-electron chi connectivity index (χ1n) is 5.41. The van der Waals surface area contributed by atoms with Crippen molar-refractivity contribution in [2.24, 2.45) is 7.05 Å². The van der Waals surface area contributed by atoms with Crippen molar-refractivity contribution in [2.75, 3.05) is 7.05 Å². The van der Waals surface area contributed by atoms with Crippen LogP contribution in [0.3, 0.4) is 0 Å². The zero-order chi connectivity index (χ0) is 11.7. The number of aromatic nitrogens is 2. The van der Waals surface area contributed by atoms with Crippen molar-refractivity contribution in [1.82, 2.24) is 15.1 Å². The number of likely N-dealkylation sites (N-methyl/N-ethyl adjacent to an activating group) is 1. The molecule has 0 amide bonds. The second-order valence-corrected chi connectivity index (χ2v) is 4.48. The summed E-state index contributed by atoms with van der Waals surface area (Å²) < 4.78 is 1.72. The Morgan fingerprint density at radius 2 is 2.25 bits per heavy atom. The summed E-state index contributed by atoms with van der Waals surface area (Å²) in [7, 11) is 3.84. The van der Waals surface area contributed by atoms with Gasteiger partial charge in [0.25, 0.3) is 0 Å². The Hall–Kier alpha value is -1.06. The van der Waals surface area contributed by atoms with Gasteiger partial charge in [-0.05, 0) is 32.0 Å². The fraction of sp³-hybridized carbons (Fsp3) is 0.417. The van der Waals surface area contributed by atoms with E-state index in [4.69, 9.17) is 11.6 Å². The molecule has 0 aliphatic heterocycles. The average molecular weight is 238 g/mol. The standard InChI is InChI=1S/C12H16ClN3/c1-8(14-2)7-9-5-4-6-10-11(9)15-16(3)12(10)13/h4-6,8,14H,7H2,1-3H3. The number of aryl methyl sites for hydroxylation is 1. The minimum absolute atomic E-state index is 0.436. The predicted molar refractivity (Wildman–Crippen MR) is 67.9 cm³/mol. The van der Waals surface area contributed by atoms with Crippen molar-refractivity contribution in [1.29, 1.82) is 0 Å². The van der Waals surface area contributed by atoms with Crippen LogP contribution in [0.5, 0.6) is 0 Å². The number of nitrogens with one attached hydrogen (secondary N) is 1. The first-order chi connectivity index (χ1) is 7.63. The van der Waals surface area contributed by atoms with Crippen molar-refractivity contribution >= 4 is 22.5 Å². The van der Waals surface area contributed by atoms with Crippen LogP contribution in [0.2, 0.25) is 5.15 Å². The van der Waals surface area contributed by atoms with Gasteiger partial charge in [0.05, 0.1) is 5.52 Å². The van der Waals surface area contributed by atoms with Crippen molar-refractivity contribution in [3.8, 4) is 0 Å². The lowest BCUT2D eigenvalue weighted by Gasteiger charge is -2.09. The van der Waals surface area contributed by atoms with Crippen LogP contribution in [0.4, 0.5) is 0 Å². The normalized spacial score (nSPS) is 13.2. The van der Waals surface area contributed by atoms with E-state index in [9.17, 15) is 0 Å². The Kier molecular flexibility index (Phi) is 3.17. The van der Waals surface area contributed by atoms with Crippen LogP contribution in [-0.2, 0) is 13.5 Å². The molecule has 0 fully saturated rings. The summed E-state index contributed by atoms with van der Waals surface area (Å²) in [5, 5.41) is 9.42. The molecular formula is C12H16ClN3. The molecule has 0 saturated heterocycles. The van der Waals surface area contributed by atoms with E-state index in [0.717, 1.165) is 17.3 Å². The monoisotopic (exact) mass is 237 g/mol. The molecule has 3 nitrogen and oxygen atoms in total. The smallest absolute Gasteiger partial charge is 0.134 e. The van der Waals surface area contributed by atoms with E-state index in [1.807, 2.05) is 26.2 Å². The SMILES string of the molecule is CNC(C)Cc1cccc2c(Cl)n(C)nc12. The number of rotatable bonds is 3. The maximum Gasteiger partial charge on any atom is 0.134 e. The highest BCUT2D eigenvalue weighted by atomic mass is 35.5. The molecule has 1 N–H and O–H groups in total. The van der Waals surface area contributed by atoms with E-state index in [-0.39, 0.29) is 0 Å². The van der Waals surface area contributed by atoms with Gasteiger partial charge in [0.2, 0.25) is 0 Å². The molecule has 4 heteroatoms. The van der Waals surface area contributed by atoms with Crippen LogP contribution < -0.4 is 5.32 Å². The molecule has 1 aromatic heterocycles. The minimum atomic E-state index is 0.436. The van der Waals surface area contributed by atoms with Crippen LogP contribution in [-0.4, -0.2) is 22.9 Å². The van der Waals surface area contributed by atoms with E-state index >= 15 is 0 Å². The molecule has 0 aliphatic rings. The largest absolute Gasteiger partial charge is 0.317 e. The number of hydrogen-bond donors (Lipinski definition) is 1. The first-order valence-corrected chi connectivity index (χ1v) is 5.78. The van der Waals surface area contributed by atoms with Crippen LogP contribution in [0.25, 0.3) is 10.9 Å². The Morgan fingerprint density at radius 3 is 2.94 bits per heavy atom. The topological polar surface area (TPSA) is 29.9 Å². The van der Waals surface area contributed by atoms with Crippen LogP contribution >= 0.6 is 11.6 Å². The molecule has 0 spiro atoms. The summed E-state index contributed by atoms with van der Waals surface area (Å²) in [5.74, 6) is 0. The number of benzene rings is 1. The van der Waals surface area contributed by atoms with E-state index in [1.165, 1.54) is 5.56 Å². The van der Waals surface area contributed by atoms with Gasteiger partial charge in [0.1, 0.15) is 5.15 Å². The lowest BCUT2D eigenvalue weighted by atomic mass is 10.0. The summed E-state index contributed by atoms with van der Waals surface area (Å²) in [6.07, 6.45) is 0.960. The molecule has 1 unspecified atom stereocenters. The van der Waals surface area contributed by atoms with Crippen molar-refractivity contribution in [3.05, 3.63) is 28.9 Å². The molecule has 0 saturated carbocycles. The van der Waals surface area contributed by atoms with Gasteiger partial charge in [-0.15, -0.1) is 0 Å². The third-order valence-electron chi connectivity index (χ3n) is 2.89. The fourth-order valence-electron chi connectivity index (χ4n) is 1.84. The average Bonchev–Trinajstić information content (AvgIpc) is 2.57. The second-order valence-electron chi connectivity index (χ2n) is 4.12. The lowest BCUT2D eigenvalue weighted by Crippen LogP contribution is -2.23. The Morgan fingerprint density at radius 1 is 1.50 bits per heavy atom. The van der Waals surface area contributed by atoms with Gasteiger partial charge in [-0.3, -0.25) is 4.68 Å². The molecule has 0 bridgehead atoms. The van der Waals surface area contributed by atoms with E-state index in [0.29, 0.717) is 11.2 Å². The fourth-order valence-corrected chi connectivity index (χ4v) is 2.03. The van der Waals surface area contributed by atoms with Gasteiger partial charge in [0, 0.05) is 18.5 Å². The lowest BCUT2D eigenvalue weighted by molar-refractivity contribution is 0.609. The molecule has 1 aromatic carbocycles. The number of fused-ring (bicyclic) bond motifs is 1. The summed E-state index contributed by atoms with van der Waals surface area (Å²) in [6, 6.07) is 6.59. The predicted octanol–water partition coefficient (Wildman–Crippen LogP) is 2.38. The minimum Gasteiger partial charge on any atom is -0.317 e. The van der Waals surface area contributed by atoms with E-state index in [1.54, 1.807) is 4.68 Å². The van der Waals surface area contributed by atoms with Crippen molar-refractivity contribution in [3.63, 3.8) is 0 Å². The van der Waals surface area contributed by atoms with Crippen molar-refractivity contribution in [2.45, 2.75) is 19.4 Å². The van der Waals surface area contributed by atoms with Gasteiger partial charge < -0.3 is 5.32 Å². The summed E-state index contributed by atoms with van der Waals surface area (Å²) in [5.41, 5.74) is 2.25. The third kappa shape index (κ3) is 1.93. The highest BCUT2D eigenvalue weighted by Gasteiger charge is 2.11. The van der Waals surface area contributed by atoms with Gasteiger partial charge in [-0.1, -0.05) is 23.7 Å². The summed E-state index contributed by atoms with van der Waals surface area (Å²) in [6.45, 7) is 2.16. The first kappa shape index (κ1) is 11.4. The molecule has 1 heterocycles. The summed E-state index contributed by atoms with van der Waals surface area (Å²) >= 11 is 6.17. The molecular weight excluding hydrogens is 222 g/mol. The maximum absolute atomic E-state index is 6.17. The number of nitrogens with zero attached hydrogens (tertiary/aromatic N) is 2. The van der Waals surface area contributed by atoms with Gasteiger partial charge >= 0.3 is 0 Å². The van der Waals surface area contributed by atoms with Gasteiger partial charge in [0.15, 0.2) is 0 Å². The molecule has 1 atom stereocenters. The molecule has 0 radical (unpaired) electrons. The van der Waals surface area contributed by atoms with Gasteiger partial charge in [-0.2, -0.15) is 5.10 Å². The summed E-state index contributed by atoms with van der Waals surface area (Å²) in [4.78, 5) is 0. The van der Waals surface area contributed by atoms with Crippen molar-refractivity contribution < 1.29 is 0 Å².